The van der Waals surface area contributed by atoms with Gasteiger partial charge in [-0.1, -0.05) is 19.4 Å². The molecule has 7 nitrogen and oxygen atoms in total. The van der Waals surface area contributed by atoms with Crippen molar-refractivity contribution in [1.29, 1.82) is 0 Å². The van der Waals surface area contributed by atoms with Gasteiger partial charge in [0.1, 0.15) is 0 Å². The number of hydrogen-bond acceptors (Lipinski definition) is 6. The van der Waals surface area contributed by atoms with Crippen LogP contribution in [0.2, 0.25) is 0 Å². The van der Waals surface area contributed by atoms with Crippen LogP contribution in [0.4, 0.5) is 0 Å². The molecule has 0 aromatic rings. The van der Waals surface area contributed by atoms with Crippen LogP contribution in [0.5, 0.6) is 0 Å². The van der Waals surface area contributed by atoms with Crippen molar-refractivity contribution in [2.45, 2.75) is 32.6 Å². The van der Waals surface area contributed by atoms with Crippen molar-refractivity contribution in [2.75, 3.05) is 72.6 Å². The summed E-state index contributed by atoms with van der Waals surface area (Å²) < 4.78 is 26.8. The molecule has 0 aliphatic rings. The third-order valence-corrected chi connectivity index (χ3v) is 3.27. The Bertz CT molecular complexity index is 321. The number of amides is 1. The lowest BCUT2D eigenvalue weighted by molar-refractivity contribution is -0.122. The Morgan fingerprint density at radius 1 is 0.846 bits per heavy atom. The first-order valence-corrected chi connectivity index (χ1v) is 9.57. The SMILES string of the molecule is C=CCCOCCOCCOCCNC(=O)CCOCCOCCCC.[HH]. The highest BCUT2D eigenvalue weighted by molar-refractivity contribution is 5.75. The number of nitrogens with one attached hydrogen (secondary N) is 1. The average molecular weight is 378 g/mol. The number of ether oxygens (including phenoxy) is 5. The Morgan fingerprint density at radius 3 is 2.00 bits per heavy atom. The second kappa shape index (κ2) is 22.1. The molecule has 0 saturated heterocycles. The van der Waals surface area contributed by atoms with Crippen LogP contribution in [0.15, 0.2) is 12.7 Å². The summed E-state index contributed by atoms with van der Waals surface area (Å²) in [6, 6.07) is 0. The quantitative estimate of drug-likeness (QED) is 0.244. The molecule has 0 unspecified atom stereocenters. The number of carbonyl (C=O) groups excluding carboxylic acids is 1. The lowest BCUT2D eigenvalue weighted by Crippen LogP contribution is -2.28. The standard InChI is InChI=1S/C19H37NO6.H2/c1-3-5-9-22-13-15-24-11-7-19(21)20-8-12-25-16-18-26-17-14-23-10-6-4-2;/h4H,2-3,5-18H2,1H3,(H,20,21);1H. The van der Waals surface area contributed by atoms with Gasteiger partial charge in [-0.2, -0.15) is 0 Å². The van der Waals surface area contributed by atoms with E-state index < -0.39 is 0 Å². The average Bonchev–Trinajstić information content (AvgIpc) is 2.65. The second-order valence-electron chi connectivity index (χ2n) is 5.59. The van der Waals surface area contributed by atoms with Crippen LogP contribution in [0.25, 0.3) is 0 Å². The van der Waals surface area contributed by atoms with Crippen molar-refractivity contribution < 1.29 is 29.9 Å². The molecule has 0 fully saturated rings. The van der Waals surface area contributed by atoms with Gasteiger partial charge >= 0.3 is 0 Å². The first kappa shape index (κ1) is 25.0. The second-order valence-corrected chi connectivity index (χ2v) is 5.59. The molecule has 0 aliphatic heterocycles. The first-order chi connectivity index (χ1) is 12.8. The van der Waals surface area contributed by atoms with E-state index in [9.17, 15) is 4.79 Å². The van der Waals surface area contributed by atoms with E-state index in [4.69, 9.17) is 23.7 Å². The van der Waals surface area contributed by atoms with E-state index in [2.05, 4.69) is 18.8 Å². The molecule has 0 aromatic heterocycles. The maximum atomic E-state index is 11.6. The summed E-state index contributed by atoms with van der Waals surface area (Å²) in [6.07, 6.45) is 5.23. The van der Waals surface area contributed by atoms with Gasteiger partial charge in [-0.3, -0.25) is 4.79 Å². The summed E-state index contributed by atoms with van der Waals surface area (Å²) in [6.45, 7) is 11.8. The molecular weight excluding hydrogens is 338 g/mol. The summed E-state index contributed by atoms with van der Waals surface area (Å²) >= 11 is 0. The maximum absolute atomic E-state index is 11.6. The molecule has 0 saturated carbocycles. The lowest BCUT2D eigenvalue weighted by Gasteiger charge is -2.08. The van der Waals surface area contributed by atoms with Gasteiger partial charge < -0.3 is 29.0 Å². The normalized spacial score (nSPS) is 10.8. The van der Waals surface area contributed by atoms with E-state index in [1.165, 1.54) is 0 Å². The van der Waals surface area contributed by atoms with E-state index in [0.717, 1.165) is 25.9 Å². The Kier molecular flexibility index (Phi) is 21.2. The summed E-state index contributed by atoms with van der Waals surface area (Å²) in [4.78, 5) is 11.6. The molecule has 7 heteroatoms. The molecule has 0 radical (unpaired) electrons. The Labute approximate surface area is 159 Å². The third kappa shape index (κ3) is 21.1. The topological polar surface area (TPSA) is 75.2 Å². The highest BCUT2D eigenvalue weighted by Crippen LogP contribution is 1.89. The minimum Gasteiger partial charge on any atom is -0.379 e. The zero-order valence-electron chi connectivity index (χ0n) is 16.3. The largest absolute Gasteiger partial charge is 0.379 e. The molecule has 0 rings (SSSR count). The monoisotopic (exact) mass is 377 g/mol. The summed E-state index contributed by atoms with van der Waals surface area (Å²) in [5.41, 5.74) is 0. The van der Waals surface area contributed by atoms with Crippen LogP contribution in [0, 0.1) is 0 Å². The minimum atomic E-state index is -0.0339. The molecule has 0 aliphatic carbocycles. The van der Waals surface area contributed by atoms with Gasteiger partial charge in [-0.05, 0) is 12.8 Å². The van der Waals surface area contributed by atoms with E-state index in [-0.39, 0.29) is 7.33 Å². The van der Waals surface area contributed by atoms with Crippen LogP contribution in [-0.4, -0.2) is 78.5 Å². The maximum Gasteiger partial charge on any atom is 0.222 e. The highest BCUT2D eigenvalue weighted by Gasteiger charge is 2.00. The molecule has 1 amide bonds. The zero-order valence-corrected chi connectivity index (χ0v) is 16.3. The van der Waals surface area contributed by atoms with Crippen LogP contribution >= 0.6 is 0 Å². The number of rotatable bonds is 21. The first-order valence-electron chi connectivity index (χ1n) is 9.57. The smallest absolute Gasteiger partial charge is 0.222 e. The van der Waals surface area contributed by atoms with Crippen molar-refractivity contribution in [2.24, 2.45) is 0 Å². The molecule has 156 valence electrons. The fourth-order valence-electron chi connectivity index (χ4n) is 1.79. The Balaban J connectivity index is 0. The Hall–Kier alpha value is -0.990. The van der Waals surface area contributed by atoms with E-state index in [1.54, 1.807) is 0 Å². The molecule has 0 heterocycles. The minimum absolute atomic E-state index is 0. The number of unbranched alkanes of at least 4 members (excludes halogenated alkanes) is 1. The highest BCUT2D eigenvalue weighted by atomic mass is 16.5. The van der Waals surface area contributed by atoms with Crippen LogP contribution in [0.3, 0.4) is 0 Å². The fraction of sp³-hybridized carbons (Fsp3) is 0.842. The van der Waals surface area contributed by atoms with Gasteiger partial charge in [-0.15, -0.1) is 6.58 Å². The van der Waals surface area contributed by atoms with E-state index >= 15 is 0 Å². The summed E-state index contributed by atoms with van der Waals surface area (Å²) in [7, 11) is 0. The molecule has 0 bridgehead atoms. The summed E-state index contributed by atoms with van der Waals surface area (Å²) in [5, 5.41) is 2.79. The summed E-state index contributed by atoms with van der Waals surface area (Å²) in [5.74, 6) is -0.0339. The molecule has 26 heavy (non-hydrogen) atoms. The van der Waals surface area contributed by atoms with Gasteiger partial charge in [0.2, 0.25) is 5.91 Å². The van der Waals surface area contributed by atoms with E-state index in [0.29, 0.717) is 72.4 Å². The van der Waals surface area contributed by atoms with Crippen molar-refractivity contribution in [3.05, 3.63) is 12.7 Å². The fourth-order valence-corrected chi connectivity index (χ4v) is 1.79. The molecular formula is C19H39NO6. The predicted molar refractivity (Wildman–Crippen MR) is 104 cm³/mol. The van der Waals surface area contributed by atoms with Gasteiger partial charge in [0.25, 0.3) is 0 Å². The van der Waals surface area contributed by atoms with Crippen molar-refractivity contribution in [3.63, 3.8) is 0 Å². The lowest BCUT2D eigenvalue weighted by atomic mass is 10.4. The number of hydrogen-bond donors (Lipinski definition) is 1. The molecule has 0 atom stereocenters. The zero-order chi connectivity index (χ0) is 19.1. The Morgan fingerprint density at radius 2 is 1.38 bits per heavy atom. The molecule has 0 aromatic carbocycles. The van der Waals surface area contributed by atoms with Gasteiger partial charge in [-0.25, -0.2) is 0 Å². The van der Waals surface area contributed by atoms with Crippen LogP contribution < -0.4 is 5.32 Å². The number of carbonyl (C=O) groups is 1. The van der Waals surface area contributed by atoms with Crippen LogP contribution in [0.1, 0.15) is 34.0 Å². The van der Waals surface area contributed by atoms with Crippen molar-refractivity contribution in [3.8, 4) is 0 Å². The molecule has 0 spiro atoms. The molecule has 1 N–H and O–H groups in total. The van der Waals surface area contributed by atoms with Crippen LogP contribution in [-0.2, 0) is 28.5 Å². The van der Waals surface area contributed by atoms with Crippen molar-refractivity contribution >= 4 is 5.91 Å². The third-order valence-electron chi connectivity index (χ3n) is 3.27. The van der Waals surface area contributed by atoms with E-state index in [1.807, 2.05) is 6.08 Å². The van der Waals surface area contributed by atoms with Gasteiger partial charge in [0, 0.05) is 21.0 Å². The van der Waals surface area contributed by atoms with Gasteiger partial charge in [0.15, 0.2) is 0 Å². The predicted octanol–water partition coefficient (Wildman–Crippen LogP) is 2.20. The van der Waals surface area contributed by atoms with Gasteiger partial charge in [0.05, 0.1) is 59.5 Å². The van der Waals surface area contributed by atoms with Crippen molar-refractivity contribution in [1.82, 2.24) is 5.32 Å².